The highest BCUT2D eigenvalue weighted by molar-refractivity contribution is 14.1. The normalized spacial score (nSPS) is 10.3. The minimum atomic E-state index is -0.318. The summed E-state index contributed by atoms with van der Waals surface area (Å²) in [7, 11) is 0. The Kier molecular flexibility index (Phi) is 6.12. The molecule has 110 valence electrons. The third kappa shape index (κ3) is 5.00. The molecule has 0 aliphatic rings. The Morgan fingerprint density at radius 1 is 1.24 bits per heavy atom. The number of rotatable bonds is 4. The second-order valence-corrected chi connectivity index (χ2v) is 7.17. The number of benzene rings is 2. The molecule has 2 aromatic carbocycles. The highest BCUT2D eigenvalue weighted by atomic mass is 127. The molecule has 0 atom stereocenters. The SMILES string of the molecule is CC(=O)Oc1c(I)cc(I)cc1CNc1ccc(Cl)cc1. The molecule has 0 saturated carbocycles. The van der Waals surface area contributed by atoms with Gasteiger partial charge in [0.2, 0.25) is 0 Å². The van der Waals surface area contributed by atoms with Gasteiger partial charge in [-0.2, -0.15) is 0 Å². The summed E-state index contributed by atoms with van der Waals surface area (Å²) >= 11 is 10.3. The Balaban J connectivity index is 2.21. The van der Waals surface area contributed by atoms with Crippen molar-refractivity contribution in [2.45, 2.75) is 13.5 Å². The fourth-order valence-electron chi connectivity index (χ4n) is 1.77. The van der Waals surface area contributed by atoms with Crippen molar-refractivity contribution in [3.8, 4) is 5.75 Å². The van der Waals surface area contributed by atoms with Gasteiger partial charge in [-0.25, -0.2) is 0 Å². The second-order valence-electron chi connectivity index (χ2n) is 4.33. The highest BCUT2D eigenvalue weighted by Crippen LogP contribution is 2.29. The van der Waals surface area contributed by atoms with Gasteiger partial charge >= 0.3 is 5.97 Å². The van der Waals surface area contributed by atoms with E-state index in [0.717, 1.165) is 18.4 Å². The number of hydrogen-bond acceptors (Lipinski definition) is 3. The lowest BCUT2D eigenvalue weighted by Gasteiger charge is -2.13. The molecule has 6 heteroatoms. The van der Waals surface area contributed by atoms with Gasteiger partial charge in [-0.1, -0.05) is 11.6 Å². The van der Waals surface area contributed by atoms with Gasteiger partial charge in [0.15, 0.2) is 0 Å². The Bertz CT molecular complexity index is 659. The third-order valence-corrected chi connectivity index (χ3v) is 4.33. The smallest absolute Gasteiger partial charge is 0.308 e. The van der Waals surface area contributed by atoms with Crippen molar-refractivity contribution in [2.24, 2.45) is 0 Å². The number of carbonyl (C=O) groups is 1. The quantitative estimate of drug-likeness (QED) is 0.342. The molecule has 2 aromatic rings. The molecule has 0 spiro atoms. The van der Waals surface area contributed by atoms with E-state index in [2.05, 4.69) is 50.5 Å². The maximum atomic E-state index is 11.3. The summed E-state index contributed by atoms with van der Waals surface area (Å²) < 4.78 is 7.34. The monoisotopic (exact) mass is 527 g/mol. The second kappa shape index (κ2) is 7.64. The van der Waals surface area contributed by atoms with Crippen LogP contribution < -0.4 is 10.1 Å². The van der Waals surface area contributed by atoms with Gasteiger partial charge in [-0.05, 0) is 81.6 Å². The van der Waals surface area contributed by atoms with E-state index in [9.17, 15) is 4.79 Å². The van der Waals surface area contributed by atoms with Crippen LogP contribution in [0.3, 0.4) is 0 Å². The van der Waals surface area contributed by atoms with Crippen molar-refractivity contribution in [1.82, 2.24) is 0 Å². The minimum absolute atomic E-state index is 0.318. The summed E-state index contributed by atoms with van der Waals surface area (Å²) in [5.41, 5.74) is 1.90. The molecule has 0 amide bonds. The third-order valence-electron chi connectivity index (χ3n) is 2.66. The van der Waals surface area contributed by atoms with Crippen LogP contribution in [-0.4, -0.2) is 5.97 Å². The van der Waals surface area contributed by atoms with Gasteiger partial charge in [0.05, 0.1) is 3.57 Å². The van der Waals surface area contributed by atoms with Crippen molar-refractivity contribution in [1.29, 1.82) is 0 Å². The molecule has 0 bridgehead atoms. The van der Waals surface area contributed by atoms with E-state index < -0.39 is 0 Å². The zero-order chi connectivity index (χ0) is 15.4. The van der Waals surface area contributed by atoms with Crippen LogP contribution in [0.2, 0.25) is 5.02 Å². The fourth-order valence-corrected chi connectivity index (χ4v) is 3.97. The van der Waals surface area contributed by atoms with Gasteiger partial charge in [-0.3, -0.25) is 4.79 Å². The number of ether oxygens (including phenoxy) is 1. The Morgan fingerprint density at radius 2 is 1.90 bits per heavy atom. The van der Waals surface area contributed by atoms with Crippen LogP contribution in [-0.2, 0) is 11.3 Å². The van der Waals surface area contributed by atoms with Crippen LogP contribution in [0.1, 0.15) is 12.5 Å². The summed E-state index contributed by atoms with van der Waals surface area (Å²) in [6, 6.07) is 11.5. The molecule has 1 N–H and O–H groups in total. The number of hydrogen-bond donors (Lipinski definition) is 1. The van der Waals surface area contributed by atoms with Crippen LogP contribution in [0.25, 0.3) is 0 Å². The number of esters is 1. The summed E-state index contributed by atoms with van der Waals surface area (Å²) in [5, 5.41) is 4.00. The average Bonchev–Trinajstić information content (AvgIpc) is 2.41. The van der Waals surface area contributed by atoms with Gasteiger partial charge < -0.3 is 10.1 Å². The molecule has 0 aliphatic heterocycles. The van der Waals surface area contributed by atoms with Gasteiger partial charge in [0, 0.05) is 33.3 Å². The maximum absolute atomic E-state index is 11.3. The van der Waals surface area contributed by atoms with E-state index in [0.29, 0.717) is 17.3 Å². The summed E-state index contributed by atoms with van der Waals surface area (Å²) in [4.78, 5) is 11.3. The first kappa shape index (κ1) is 16.8. The number of nitrogens with one attached hydrogen (secondary N) is 1. The van der Waals surface area contributed by atoms with Gasteiger partial charge in [0.1, 0.15) is 5.75 Å². The highest BCUT2D eigenvalue weighted by Gasteiger charge is 2.12. The van der Waals surface area contributed by atoms with Crippen molar-refractivity contribution < 1.29 is 9.53 Å². The molecule has 0 radical (unpaired) electrons. The van der Waals surface area contributed by atoms with Crippen molar-refractivity contribution in [3.63, 3.8) is 0 Å². The lowest BCUT2D eigenvalue weighted by atomic mass is 10.2. The van der Waals surface area contributed by atoms with Gasteiger partial charge in [0.25, 0.3) is 0 Å². The van der Waals surface area contributed by atoms with Crippen LogP contribution in [0.15, 0.2) is 36.4 Å². The molecule has 2 rings (SSSR count). The summed E-state index contributed by atoms with van der Waals surface area (Å²) in [5.74, 6) is 0.298. The Hall–Kier alpha value is -0.540. The lowest BCUT2D eigenvalue weighted by molar-refractivity contribution is -0.132. The predicted molar refractivity (Wildman–Crippen MR) is 102 cm³/mol. The predicted octanol–water partition coefficient (Wildman–Crippen LogP) is 5.09. The standard InChI is InChI=1S/C15H12ClI2NO2/c1-9(20)21-15-10(6-12(17)7-14(15)18)8-19-13-4-2-11(16)3-5-13/h2-7,19H,8H2,1H3. The molecule has 0 fully saturated rings. The first-order valence-corrected chi connectivity index (χ1v) is 8.65. The van der Waals surface area contributed by atoms with E-state index in [-0.39, 0.29) is 5.97 Å². The minimum Gasteiger partial charge on any atom is -0.425 e. The molecular formula is C15H12ClI2NO2. The van der Waals surface area contributed by atoms with E-state index in [1.807, 2.05) is 36.4 Å². The van der Waals surface area contributed by atoms with E-state index in [1.54, 1.807) is 0 Å². The van der Waals surface area contributed by atoms with Crippen LogP contribution in [0, 0.1) is 7.14 Å². The zero-order valence-corrected chi connectivity index (χ0v) is 16.2. The largest absolute Gasteiger partial charge is 0.425 e. The molecule has 0 unspecified atom stereocenters. The first-order valence-electron chi connectivity index (χ1n) is 6.11. The Morgan fingerprint density at radius 3 is 2.52 bits per heavy atom. The molecule has 0 aromatic heterocycles. The lowest BCUT2D eigenvalue weighted by Crippen LogP contribution is -2.09. The molecule has 0 saturated heterocycles. The van der Waals surface area contributed by atoms with E-state index in [1.165, 1.54) is 6.92 Å². The molecule has 3 nitrogen and oxygen atoms in total. The van der Waals surface area contributed by atoms with Crippen molar-refractivity contribution in [3.05, 3.63) is 54.1 Å². The Labute approximate surface area is 155 Å². The maximum Gasteiger partial charge on any atom is 0.308 e. The summed E-state index contributed by atoms with van der Waals surface area (Å²) in [6.07, 6.45) is 0. The topological polar surface area (TPSA) is 38.3 Å². The number of anilines is 1. The molecular weight excluding hydrogens is 515 g/mol. The summed E-state index contributed by atoms with van der Waals surface area (Å²) in [6.45, 7) is 1.97. The van der Waals surface area contributed by atoms with Crippen LogP contribution in [0.5, 0.6) is 5.75 Å². The molecule has 0 aliphatic carbocycles. The molecule has 0 heterocycles. The van der Waals surface area contributed by atoms with E-state index >= 15 is 0 Å². The average molecular weight is 528 g/mol. The fraction of sp³-hybridized carbons (Fsp3) is 0.133. The molecule has 21 heavy (non-hydrogen) atoms. The first-order chi connectivity index (χ1) is 9.95. The van der Waals surface area contributed by atoms with Crippen LogP contribution in [0.4, 0.5) is 5.69 Å². The van der Waals surface area contributed by atoms with Crippen molar-refractivity contribution in [2.75, 3.05) is 5.32 Å². The van der Waals surface area contributed by atoms with Crippen molar-refractivity contribution >= 4 is 68.4 Å². The van der Waals surface area contributed by atoms with Crippen LogP contribution >= 0.6 is 56.8 Å². The van der Waals surface area contributed by atoms with E-state index in [4.69, 9.17) is 16.3 Å². The zero-order valence-electron chi connectivity index (χ0n) is 11.1. The number of carbonyl (C=O) groups excluding carboxylic acids is 1. The number of halogens is 3. The van der Waals surface area contributed by atoms with Gasteiger partial charge in [-0.15, -0.1) is 0 Å².